The summed E-state index contributed by atoms with van der Waals surface area (Å²) < 4.78 is 13.4. The van der Waals surface area contributed by atoms with Gasteiger partial charge in [0.2, 0.25) is 0 Å². The van der Waals surface area contributed by atoms with Gasteiger partial charge in [-0.1, -0.05) is 24.6 Å². The van der Waals surface area contributed by atoms with Gasteiger partial charge < -0.3 is 16.2 Å². The van der Waals surface area contributed by atoms with Crippen LogP contribution in [0.15, 0.2) is 18.2 Å². The minimum atomic E-state index is -0.440. The van der Waals surface area contributed by atoms with Crippen molar-refractivity contribution in [2.24, 2.45) is 5.73 Å². The van der Waals surface area contributed by atoms with E-state index in [1.807, 2.05) is 6.92 Å². The van der Waals surface area contributed by atoms with Gasteiger partial charge in [-0.05, 0) is 30.5 Å². The number of hydrogen-bond acceptors (Lipinski definition) is 3. The van der Waals surface area contributed by atoms with Crippen LogP contribution in [0.25, 0.3) is 0 Å². The third kappa shape index (κ3) is 4.21. The SMILES string of the molecule is CCC(CCO)NC(CN)c1ccc(Cl)c(F)c1. The maximum absolute atomic E-state index is 13.4. The van der Waals surface area contributed by atoms with E-state index in [0.717, 1.165) is 12.0 Å². The molecule has 0 bridgehead atoms. The lowest BCUT2D eigenvalue weighted by atomic mass is 10.0. The van der Waals surface area contributed by atoms with Gasteiger partial charge in [0.25, 0.3) is 0 Å². The Balaban J connectivity index is 2.78. The first-order valence-corrected chi connectivity index (χ1v) is 6.52. The smallest absolute Gasteiger partial charge is 0.142 e. The van der Waals surface area contributed by atoms with Gasteiger partial charge in [0, 0.05) is 25.2 Å². The molecule has 0 aromatic heterocycles. The van der Waals surface area contributed by atoms with Gasteiger partial charge >= 0.3 is 0 Å². The molecule has 1 aromatic rings. The van der Waals surface area contributed by atoms with Crippen LogP contribution in [0.4, 0.5) is 4.39 Å². The molecule has 0 aliphatic rings. The molecule has 0 heterocycles. The molecule has 2 atom stereocenters. The molecule has 18 heavy (non-hydrogen) atoms. The molecule has 102 valence electrons. The molecule has 5 heteroatoms. The monoisotopic (exact) mass is 274 g/mol. The van der Waals surface area contributed by atoms with Crippen molar-refractivity contribution in [3.63, 3.8) is 0 Å². The van der Waals surface area contributed by atoms with E-state index in [1.165, 1.54) is 12.1 Å². The Morgan fingerprint density at radius 1 is 1.50 bits per heavy atom. The third-order valence-electron chi connectivity index (χ3n) is 2.99. The molecule has 1 rings (SSSR count). The zero-order valence-corrected chi connectivity index (χ0v) is 11.3. The summed E-state index contributed by atoms with van der Waals surface area (Å²) in [6, 6.07) is 4.74. The average molecular weight is 275 g/mol. The summed E-state index contributed by atoms with van der Waals surface area (Å²) in [5, 5.41) is 12.4. The van der Waals surface area contributed by atoms with Crippen molar-refractivity contribution in [2.75, 3.05) is 13.2 Å². The number of rotatable bonds is 7. The first-order valence-electron chi connectivity index (χ1n) is 6.14. The largest absolute Gasteiger partial charge is 0.396 e. The van der Waals surface area contributed by atoms with Crippen molar-refractivity contribution < 1.29 is 9.50 Å². The minimum absolute atomic E-state index is 0.108. The van der Waals surface area contributed by atoms with Gasteiger partial charge in [-0.2, -0.15) is 0 Å². The van der Waals surface area contributed by atoms with E-state index >= 15 is 0 Å². The minimum Gasteiger partial charge on any atom is -0.396 e. The first-order chi connectivity index (χ1) is 8.62. The fourth-order valence-corrected chi connectivity index (χ4v) is 1.99. The normalized spacial score (nSPS) is 14.5. The van der Waals surface area contributed by atoms with Crippen LogP contribution in [0.3, 0.4) is 0 Å². The molecule has 0 aliphatic heterocycles. The van der Waals surface area contributed by atoms with Crippen molar-refractivity contribution in [1.29, 1.82) is 0 Å². The maximum atomic E-state index is 13.4. The van der Waals surface area contributed by atoms with Crippen molar-refractivity contribution in [2.45, 2.75) is 31.8 Å². The number of nitrogens with two attached hydrogens (primary N) is 1. The predicted molar refractivity (Wildman–Crippen MR) is 72.1 cm³/mol. The van der Waals surface area contributed by atoms with Crippen LogP contribution in [0.5, 0.6) is 0 Å². The number of aliphatic hydroxyl groups is 1. The standard InChI is InChI=1S/C13H20ClFN2O/c1-2-10(5-6-18)17-13(8-16)9-3-4-11(14)12(15)7-9/h3-4,7,10,13,17-18H,2,5-6,8,16H2,1H3. The van der Waals surface area contributed by atoms with E-state index in [-0.39, 0.29) is 23.7 Å². The zero-order chi connectivity index (χ0) is 13.5. The van der Waals surface area contributed by atoms with Crippen molar-refractivity contribution in [1.82, 2.24) is 5.32 Å². The number of aliphatic hydroxyl groups excluding tert-OH is 1. The molecule has 1 aromatic carbocycles. The molecule has 0 saturated heterocycles. The molecular weight excluding hydrogens is 255 g/mol. The summed E-state index contributed by atoms with van der Waals surface area (Å²) >= 11 is 5.65. The van der Waals surface area contributed by atoms with Crippen LogP contribution in [0.1, 0.15) is 31.4 Å². The van der Waals surface area contributed by atoms with Crippen LogP contribution < -0.4 is 11.1 Å². The molecular formula is C13H20ClFN2O. The van der Waals surface area contributed by atoms with Gasteiger partial charge in [0.15, 0.2) is 0 Å². The second-order valence-corrected chi connectivity index (χ2v) is 4.65. The van der Waals surface area contributed by atoms with E-state index in [4.69, 9.17) is 22.4 Å². The Labute approximate surface area is 112 Å². The highest BCUT2D eigenvalue weighted by Gasteiger charge is 2.15. The molecule has 3 nitrogen and oxygen atoms in total. The molecule has 0 spiro atoms. The summed E-state index contributed by atoms with van der Waals surface area (Å²) in [6.45, 7) is 2.52. The second kappa shape index (κ2) is 7.69. The van der Waals surface area contributed by atoms with Crippen molar-refractivity contribution in [3.05, 3.63) is 34.6 Å². The number of halogens is 2. The van der Waals surface area contributed by atoms with Gasteiger partial charge in [-0.25, -0.2) is 4.39 Å². The number of hydrogen-bond donors (Lipinski definition) is 3. The first kappa shape index (κ1) is 15.4. The van der Waals surface area contributed by atoms with E-state index in [1.54, 1.807) is 6.07 Å². The second-order valence-electron chi connectivity index (χ2n) is 4.25. The Hall–Kier alpha value is -0.680. The zero-order valence-electron chi connectivity index (χ0n) is 10.5. The highest BCUT2D eigenvalue weighted by atomic mass is 35.5. The van der Waals surface area contributed by atoms with E-state index < -0.39 is 5.82 Å². The Morgan fingerprint density at radius 2 is 2.22 bits per heavy atom. The molecule has 4 N–H and O–H groups in total. The highest BCUT2D eigenvalue weighted by Crippen LogP contribution is 2.20. The van der Waals surface area contributed by atoms with Crippen molar-refractivity contribution >= 4 is 11.6 Å². The fraction of sp³-hybridized carbons (Fsp3) is 0.538. The van der Waals surface area contributed by atoms with Gasteiger partial charge in [0.05, 0.1) is 5.02 Å². The fourth-order valence-electron chi connectivity index (χ4n) is 1.88. The van der Waals surface area contributed by atoms with E-state index in [2.05, 4.69) is 5.32 Å². The van der Waals surface area contributed by atoms with Gasteiger partial charge in [-0.15, -0.1) is 0 Å². The van der Waals surface area contributed by atoms with Crippen LogP contribution in [-0.2, 0) is 0 Å². The Kier molecular flexibility index (Phi) is 6.57. The Bertz CT molecular complexity index is 376. The highest BCUT2D eigenvalue weighted by molar-refractivity contribution is 6.30. The molecule has 0 radical (unpaired) electrons. The van der Waals surface area contributed by atoms with Gasteiger partial charge in [-0.3, -0.25) is 0 Å². The quantitative estimate of drug-likeness (QED) is 0.715. The van der Waals surface area contributed by atoms with Crippen LogP contribution in [0.2, 0.25) is 5.02 Å². The lowest BCUT2D eigenvalue weighted by Gasteiger charge is -2.24. The molecule has 0 saturated carbocycles. The molecule has 0 aliphatic carbocycles. The van der Waals surface area contributed by atoms with Crippen LogP contribution >= 0.6 is 11.6 Å². The number of nitrogens with one attached hydrogen (secondary N) is 1. The lowest BCUT2D eigenvalue weighted by Crippen LogP contribution is -2.37. The van der Waals surface area contributed by atoms with E-state index in [9.17, 15) is 4.39 Å². The summed E-state index contributed by atoms with van der Waals surface area (Å²) in [5.74, 6) is -0.440. The Morgan fingerprint density at radius 3 is 2.72 bits per heavy atom. The number of benzene rings is 1. The van der Waals surface area contributed by atoms with E-state index in [0.29, 0.717) is 13.0 Å². The third-order valence-corrected chi connectivity index (χ3v) is 3.30. The molecule has 0 amide bonds. The maximum Gasteiger partial charge on any atom is 0.142 e. The predicted octanol–water partition coefficient (Wildman–Crippen LogP) is 2.23. The lowest BCUT2D eigenvalue weighted by molar-refractivity contribution is 0.255. The van der Waals surface area contributed by atoms with Crippen LogP contribution in [0, 0.1) is 5.82 Å². The molecule has 0 fully saturated rings. The van der Waals surface area contributed by atoms with Gasteiger partial charge in [0.1, 0.15) is 5.82 Å². The topological polar surface area (TPSA) is 58.3 Å². The summed E-state index contributed by atoms with van der Waals surface area (Å²) in [6.07, 6.45) is 1.54. The summed E-state index contributed by atoms with van der Waals surface area (Å²) in [5.41, 5.74) is 6.49. The van der Waals surface area contributed by atoms with Crippen LogP contribution in [-0.4, -0.2) is 24.3 Å². The van der Waals surface area contributed by atoms with Crippen molar-refractivity contribution in [3.8, 4) is 0 Å². The summed E-state index contributed by atoms with van der Waals surface area (Å²) in [4.78, 5) is 0. The summed E-state index contributed by atoms with van der Waals surface area (Å²) in [7, 11) is 0. The molecule has 2 unspecified atom stereocenters. The average Bonchev–Trinajstić information content (AvgIpc) is 2.38.